The SMILES string of the molecule is CCOC(=O)[C@]1(CC(NC(C)=O)C(=O)OC)CCCC1=NC(C)c1ccccc1. The monoisotopic (exact) mass is 402 g/mol. The zero-order valence-corrected chi connectivity index (χ0v) is 17.6. The molecule has 1 aromatic carbocycles. The van der Waals surface area contributed by atoms with Crippen molar-refractivity contribution in [2.75, 3.05) is 13.7 Å². The summed E-state index contributed by atoms with van der Waals surface area (Å²) in [5, 5.41) is 2.61. The maximum absolute atomic E-state index is 13.1. The first-order valence-electron chi connectivity index (χ1n) is 9.98. The number of amides is 1. The van der Waals surface area contributed by atoms with Crippen LogP contribution in [-0.4, -0.2) is 43.3 Å². The van der Waals surface area contributed by atoms with Gasteiger partial charge in [0, 0.05) is 12.6 Å². The van der Waals surface area contributed by atoms with E-state index in [-0.39, 0.29) is 25.0 Å². The fraction of sp³-hybridized carbons (Fsp3) is 0.545. The highest BCUT2D eigenvalue weighted by Crippen LogP contribution is 2.42. The first kappa shape index (κ1) is 22.6. The number of nitrogens with one attached hydrogen (secondary N) is 1. The zero-order chi connectivity index (χ0) is 21.4. The molecule has 29 heavy (non-hydrogen) atoms. The van der Waals surface area contributed by atoms with Crippen LogP contribution in [0.3, 0.4) is 0 Å². The summed E-state index contributed by atoms with van der Waals surface area (Å²) in [6, 6.07) is 8.73. The average molecular weight is 402 g/mol. The van der Waals surface area contributed by atoms with Crippen LogP contribution in [0.25, 0.3) is 0 Å². The third-order valence-corrected chi connectivity index (χ3v) is 5.28. The largest absolute Gasteiger partial charge is 0.467 e. The molecule has 1 saturated carbocycles. The fourth-order valence-electron chi connectivity index (χ4n) is 3.89. The Balaban J connectivity index is 2.43. The van der Waals surface area contributed by atoms with Crippen molar-refractivity contribution in [3.63, 3.8) is 0 Å². The molecule has 158 valence electrons. The van der Waals surface area contributed by atoms with Crippen molar-refractivity contribution in [3.8, 4) is 0 Å². The van der Waals surface area contributed by atoms with Gasteiger partial charge in [-0.05, 0) is 45.1 Å². The number of hydrogen-bond acceptors (Lipinski definition) is 6. The molecule has 2 rings (SSSR count). The van der Waals surface area contributed by atoms with Gasteiger partial charge in [0.15, 0.2) is 0 Å². The molecule has 2 unspecified atom stereocenters. The van der Waals surface area contributed by atoms with E-state index in [1.807, 2.05) is 37.3 Å². The summed E-state index contributed by atoms with van der Waals surface area (Å²) in [6.45, 7) is 5.27. The Morgan fingerprint density at radius 2 is 1.93 bits per heavy atom. The van der Waals surface area contributed by atoms with Crippen LogP contribution in [0, 0.1) is 5.41 Å². The second kappa shape index (κ2) is 10.2. The molecule has 7 nitrogen and oxygen atoms in total. The summed E-state index contributed by atoms with van der Waals surface area (Å²) < 4.78 is 10.2. The third kappa shape index (κ3) is 5.43. The molecule has 1 aliphatic rings. The van der Waals surface area contributed by atoms with Gasteiger partial charge in [0.25, 0.3) is 0 Å². The molecule has 0 aliphatic heterocycles. The minimum absolute atomic E-state index is 0.0679. The summed E-state index contributed by atoms with van der Waals surface area (Å²) in [5.41, 5.74) is 0.697. The van der Waals surface area contributed by atoms with Gasteiger partial charge < -0.3 is 14.8 Å². The average Bonchev–Trinajstić information content (AvgIpc) is 3.10. The van der Waals surface area contributed by atoms with Crippen LogP contribution in [0.1, 0.15) is 58.1 Å². The lowest BCUT2D eigenvalue weighted by Crippen LogP contribution is -2.48. The molecule has 0 bridgehead atoms. The highest BCUT2D eigenvalue weighted by Gasteiger charge is 2.50. The van der Waals surface area contributed by atoms with Crippen molar-refractivity contribution in [1.29, 1.82) is 0 Å². The van der Waals surface area contributed by atoms with E-state index in [4.69, 9.17) is 14.5 Å². The Labute approximate surface area is 171 Å². The molecule has 1 aliphatic carbocycles. The van der Waals surface area contributed by atoms with Crippen LogP contribution in [0.15, 0.2) is 35.3 Å². The first-order chi connectivity index (χ1) is 13.8. The summed E-state index contributed by atoms with van der Waals surface area (Å²) >= 11 is 0. The number of carbonyl (C=O) groups is 3. The van der Waals surface area contributed by atoms with E-state index in [1.165, 1.54) is 14.0 Å². The Morgan fingerprint density at radius 1 is 1.24 bits per heavy atom. The van der Waals surface area contributed by atoms with Crippen molar-refractivity contribution in [1.82, 2.24) is 5.32 Å². The van der Waals surface area contributed by atoms with Gasteiger partial charge in [0.2, 0.25) is 5.91 Å². The van der Waals surface area contributed by atoms with E-state index < -0.39 is 23.4 Å². The second-order valence-corrected chi connectivity index (χ2v) is 7.30. The van der Waals surface area contributed by atoms with Gasteiger partial charge in [-0.3, -0.25) is 14.6 Å². The number of esters is 2. The van der Waals surface area contributed by atoms with Gasteiger partial charge in [-0.1, -0.05) is 30.3 Å². The number of ether oxygens (including phenoxy) is 2. The van der Waals surface area contributed by atoms with Crippen molar-refractivity contribution < 1.29 is 23.9 Å². The van der Waals surface area contributed by atoms with E-state index in [9.17, 15) is 14.4 Å². The molecule has 1 fully saturated rings. The lowest BCUT2D eigenvalue weighted by Gasteiger charge is -2.31. The first-order valence-corrected chi connectivity index (χ1v) is 9.98. The number of hydrogen-bond donors (Lipinski definition) is 1. The highest BCUT2D eigenvalue weighted by molar-refractivity contribution is 6.08. The summed E-state index contributed by atoms with van der Waals surface area (Å²) in [6.07, 6.45) is 1.98. The number of benzene rings is 1. The molecular weight excluding hydrogens is 372 g/mol. The van der Waals surface area contributed by atoms with Crippen molar-refractivity contribution in [3.05, 3.63) is 35.9 Å². The molecule has 3 atom stereocenters. The number of aliphatic imine (C=N–C) groups is 1. The van der Waals surface area contributed by atoms with Gasteiger partial charge >= 0.3 is 11.9 Å². The van der Waals surface area contributed by atoms with Crippen LogP contribution in [0.2, 0.25) is 0 Å². The van der Waals surface area contributed by atoms with Crippen molar-refractivity contribution in [2.45, 2.75) is 58.5 Å². The third-order valence-electron chi connectivity index (χ3n) is 5.28. The molecule has 1 aromatic rings. The molecule has 1 N–H and O–H groups in total. The number of nitrogens with zero attached hydrogens (tertiary/aromatic N) is 1. The van der Waals surface area contributed by atoms with Gasteiger partial charge in [0.1, 0.15) is 11.5 Å². The number of methoxy groups -OCH3 is 1. The maximum atomic E-state index is 13.1. The quantitative estimate of drug-likeness (QED) is 0.675. The maximum Gasteiger partial charge on any atom is 0.328 e. The molecule has 0 aromatic heterocycles. The molecule has 0 spiro atoms. The molecule has 0 saturated heterocycles. The normalized spacial score (nSPS) is 22.0. The minimum Gasteiger partial charge on any atom is -0.467 e. The molecule has 0 radical (unpaired) electrons. The Hall–Kier alpha value is -2.70. The summed E-state index contributed by atoms with van der Waals surface area (Å²) in [4.78, 5) is 41.8. The summed E-state index contributed by atoms with van der Waals surface area (Å²) in [5.74, 6) is -1.37. The Bertz CT molecular complexity index is 762. The van der Waals surface area contributed by atoms with E-state index >= 15 is 0 Å². The van der Waals surface area contributed by atoms with Gasteiger partial charge in [-0.2, -0.15) is 0 Å². The van der Waals surface area contributed by atoms with E-state index in [1.54, 1.807) is 6.92 Å². The van der Waals surface area contributed by atoms with E-state index in [2.05, 4.69) is 5.32 Å². The standard InChI is InChI=1S/C22H30N2O5/c1-5-29-21(27)22(14-18(20(26)28-4)24-16(3)25)13-9-12-19(22)23-15(2)17-10-7-6-8-11-17/h6-8,10-11,15,18H,5,9,12-14H2,1-4H3,(H,24,25)/t15?,18?,22-/m0/s1. The van der Waals surface area contributed by atoms with Gasteiger partial charge in [-0.25, -0.2) is 4.79 Å². The fourth-order valence-corrected chi connectivity index (χ4v) is 3.89. The number of carbonyl (C=O) groups excluding carboxylic acids is 3. The highest BCUT2D eigenvalue weighted by atomic mass is 16.5. The topological polar surface area (TPSA) is 94.1 Å². The lowest BCUT2D eigenvalue weighted by atomic mass is 9.78. The van der Waals surface area contributed by atoms with Crippen LogP contribution >= 0.6 is 0 Å². The summed E-state index contributed by atoms with van der Waals surface area (Å²) in [7, 11) is 1.26. The van der Waals surface area contributed by atoms with Crippen LogP contribution in [0.5, 0.6) is 0 Å². The van der Waals surface area contributed by atoms with Crippen LogP contribution in [-0.2, 0) is 23.9 Å². The predicted molar refractivity (Wildman–Crippen MR) is 109 cm³/mol. The molecule has 0 heterocycles. The molecular formula is C22H30N2O5. The van der Waals surface area contributed by atoms with Crippen LogP contribution in [0.4, 0.5) is 0 Å². The zero-order valence-electron chi connectivity index (χ0n) is 17.6. The van der Waals surface area contributed by atoms with E-state index in [0.29, 0.717) is 18.6 Å². The Kier molecular flexibility index (Phi) is 7.93. The predicted octanol–water partition coefficient (Wildman–Crippen LogP) is 2.99. The van der Waals surface area contributed by atoms with E-state index in [0.717, 1.165) is 12.0 Å². The molecule has 1 amide bonds. The lowest BCUT2D eigenvalue weighted by molar-refractivity contribution is -0.153. The molecule has 7 heteroatoms. The minimum atomic E-state index is -1.06. The van der Waals surface area contributed by atoms with Crippen LogP contribution < -0.4 is 5.32 Å². The van der Waals surface area contributed by atoms with Gasteiger partial charge in [-0.15, -0.1) is 0 Å². The second-order valence-electron chi connectivity index (χ2n) is 7.30. The Morgan fingerprint density at radius 3 is 2.52 bits per heavy atom. The number of rotatable bonds is 8. The van der Waals surface area contributed by atoms with Crippen molar-refractivity contribution >= 4 is 23.6 Å². The smallest absolute Gasteiger partial charge is 0.328 e. The van der Waals surface area contributed by atoms with Gasteiger partial charge in [0.05, 0.1) is 19.8 Å². The van der Waals surface area contributed by atoms with Crippen molar-refractivity contribution in [2.24, 2.45) is 10.4 Å².